The summed E-state index contributed by atoms with van der Waals surface area (Å²) < 4.78 is 15.6. The fourth-order valence-electron chi connectivity index (χ4n) is 3.40. The Balaban J connectivity index is 1.75. The number of likely N-dealkylation sites (N-methyl/N-ethyl adjacent to an activating group) is 1. The summed E-state index contributed by atoms with van der Waals surface area (Å²) in [6, 6.07) is 5.85. The normalized spacial score (nSPS) is 21.8. The lowest BCUT2D eigenvalue weighted by molar-refractivity contribution is -0.127. The summed E-state index contributed by atoms with van der Waals surface area (Å²) in [6.45, 7) is 2.13. The molecule has 1 fully saturated rings. The predicted molar refractivity (Wildman–Crippen MR) is 91.2 cm³/mol. The van der Waals surface area contributed by atoms with Crippen molar-refractivity contribution < 1.29 is 14.3 Å². The zero-order chi connectivity index (χ0) is 18.1. The smallest absolute Gasteiger partial charge is 0.224 e. The van der Waals surface area contributed by atoms with Gasteiger partial charge in [0.2, 0.25) is 5.91 Å². The molecule has 134 valence electrons. The van der Waals surface area contributed by atoms with Crippen LogP contribution in [-0.4, -0.2) is 45.3 Å². The molecule has 6 nitrogen and oxygen atoms in total. The topological polar surface area (TPSA) is 70.4 Å². The van der Waals surface area contributed by atoms with Crippen LogP contribution in [0.1, 0.15) is 35.4 Å². The van der Waals surface area contributed by atoms with Gasteiger partial charge in [0.05, 0.1) is 18.3 Å². The lowest BCUT2D eigenvalue weighted by Gasteiger charge is -2.26. The second-order valence-electron chi connectivity index (χ2n) is 6.51. The molecular weight excluding hydrogens is 323 g/mol. The number of carbonyl (C=O) groups is 1. The average molecular weight is 346 g/mol. The fraction of sp³-hybridized carbons (Fsp3) is 0.444. The number of amides is 1. The Morgan fingerprint density at radius 2 is 2.12 bits per heavy atom. The lowest BCUT2D eigenvalue weighted by Crippen LogP contribution is -2.37. The van der Waals surface area contributed by atoms with Crippen LogP contribution < -0.4 is 5.32 Å². The van der Waals surface area contributed by atoms with Crippen LogP contribution in [0.15, 0.2) is 30.5 Å². The minimum Gasteiger partial charge on any atom is -0.387 e. The van der Waals surface area contributed by atoms with Gasteiger partial charge in [0.25, 0.3) is 0 Å². The van der Waals surface area contributed by atoms with Gasteiger partial charge in [-0.05, 0) is 13.0 Å². The fourth-order valence-corrected chi connectivity index (χ4v) is 3.40. The van der Waals surface area contributed by atoms with Gasteiger partial charge in [0, 0.05) is 49.9 Å². The molecule has 2 aromatic rings. The van der Waals surface area contributed by atoms with E-state index in [4.69, 9.17) is 0 Å². The monoisotopic (exact) mass is 346 g/mol. The third kappa shape index (κ3) is 3.29. The summed E-state index contributed by atoms with van der Waals surface area (Å²) in [4.78, 5) is 13.9. The number of nitrogens with one attached hydrogen (secondary N) is 1. The zero-order valence-electron chi connectivity index (χ0n) is 14.6. The first kappa shape index (κ1) is 17.6. The van der Waals surface area contributed by atoms with E-state index >= 15 is 0 Å². The number of halogens is 1. The first-order valence-corrected chi connectivity index (χ1v) is 8.30. The quantitative estimate of drug-likeness (QED) is 0.860. The van der Waals surface area contributed by atoms with Gasteiger partial charge in [0.1, 0.15) is 5.82 Å². The van der Waals surface area contributed by atoms with E-state index in [0.717, 1.165) is 11.3 Å². The van der Waals surface area contributed by atoms with Crippen molar-refractivity contribution in [3.63, 3.8) is 0 Å². The molecule has 3 rings (SSSR count). The van der Waals surface area contributed by atoms with E-state index in [2.05, 4.69) is 10.4 Å². The number of nitrogens with zero attached hydrogens (tertiary/aromatic N) is 3. The number of carbonyl (C=O) groups excluding carboxylic acids is 1. The van der Waals surface area contributed by atoms with Crippen molar-refractivity contribution in [1.82, 2.24) is 20.0 Å². The second kappa shape index (κ2) is 6.93. The van der Waals surface area contributed by atoms with Crippen molar-refractivity contribution in [3.8, 4) is 0 Å². The Kier molecular flexibility index (Phi) is 4.87. The summed E-state index contributed by atoms with van der Waals surface area (Å²) in [5.41, 5.74) is 2.23. The molecule has 2 N–H and O–H groups in total. The van der Waals surface area contributed by atoms with Crippen LogP contribution in [0.3, 0.4) is 0 Å². The molecule has 1 aromatic heterocycles. The molecule has 0 bridgehead atoms. The van der Waals surface area contributed by atoms with E-state index in [-0.39, 0.29) is 30.1 Å². The second-order valence-corrected chi connectivity index (χ2v) is 6.51. The van der Waals surface area contributed by atoms with Gasteiger partial charge in [0.15, 0.2) is 0 Å². The van der Waals surface area contributed by atoms with Crippen molar-refractivity contribution in [2.75, 3.05) is 13.6 Å². The zero-order valence-corrected chi connectivity index (χ0v) is 14.6. The number of aryl methyl sites for hydroxylation is 1. The summed E-state index contributed by atoms with van der Waals surface area (Å²) in [5, 5.41) is 17.8. The van der Waals surface area contributed by atoms with E-state index in [9.17, 15) is 14.3 Å². The van der Waals surface area contributed by atoms with Crippen molar-refractivity contribution in [1.29, 1.82) is 0 Å². The molecule has 0 spiro atoms. The largest absolute Gasteiger partial charge is 0.387 e. The van der Waals surface area contributed by atoms with Gasteiger partial charge in [-0.25, -0.2) is 4.39 Å². The molecule has 1 aliphatic rings. The van der Waals surface area contributed by atoms with Crippen LogP contribution in [0.25, 0.3) is 0 Å². The third-order valence-electron chi connectivity index (χ3n) is 5.02. The first-order chi connectivity index (χ1) is 11.9. The molecule has 0 saturated carbocycles. The van der Waals surface area contributed by atoms with E-state index in [0.29, 0.717) is 6.42 Å². The number of aliphatic hydroxyl groups is 1. The Bertz CT molecular complexity index is 776. The molecule has 0 aliphatic carbocycles. The van der Waals surface area contributed by atoms with Crippen molar-refractivity contribution in [2.24, 2.45) is 7.05 Å². The molecule has 1 saturated heterocycles. The maximum atomic E-state index is 13.8. The number of likely N-dealkylation sites (tertiary alicyclic amines) is 1. The third-order valence-corrected chi connectivity index (χ3v) is 5.02. The summed E-state index contributed by atoms with van der Waals surface area (Å²) >= 11 is 0. The van der Waals surface area contributed by atoms with Crippen LogP contribution >= 0.6 is 0 Å². The highest BCUT2D eigenvalue weighted by molar-refractivity contribution is 5.80. The van der Waals surface area contributed by atoms with Gasteiger partial charge in [-0.2, -0.15) is 5.10 Å². The molecule has 25 heavy (non-hydrogen) atoms. The highest BCUT2D eigenvalue weighted by Crippen LogP contribution is 2.33. The highest BCUT2D eigenvalue weighted by atomic mass is 19.1. The number of hydrogen-bond acceptors (Lipinski definition) is 4. The SMILES string of the molecule is Cc1c([C@H]2[C@H](NC[C@H](O)c3ccccc3F)CC(=O)N2C)cnn1C. The Morgan fingerprint density at radius 1 is 1.40 bits per heavy atom. The van der Waals surface area contributed by atoms with Crippen molar-refractivity contribution >= 4 is 5.91 Å². The summed E-state index contributed by atoms with van der Waals surface area (Å²) in [7, 11) is 3.63. The molecule has 2 heterocycles. The van der Waals surface area contributed by atoms with Crippen LogP contribution in [0.5, 0.6) is 0 Å². The molecule has 0 radical (unpaired) electrons. The number of aliphatic hydroxyl groups excluding tert-OH is 1. The maximum Gasteiger partial charge on any atom is 0.224 e. The standard InChI is InChI=1S/C18H23FN4O2/c1-11-13(9-21-23(11)3)18-15(8-17(25)22(18)2)20-10-16(24)12-6-4-5-7-14(12)19/h4-7,9,15-16,18,20,24H,8,10H2,1-3H3/t15-,16+,18+/m1/s1. The van der Waals surface area contributed by atoms with Gasteiger partial charge in [-0.1, -0.05) is 18.2 Å². The Hall–Kier alpha value is -2.25. The molecule has 3 atom stereocenters. The van der Waals surface area contributed by atoms with E-state index in [1.54, 1.807) is 41.0 Å². The van der Waals surface area contributed by atoms with Gasteiger partial charge in [-0.3, -0.25) is 9.48 Å². The number of aromatic nitrogens is 2. The molecule has 1 aliphatic heterocycles. The molecule has 7 heteroatoms. The minimum absolute atomic E-state index is 0.0335. The van der Waals surface area contributed by atoms with Crippen LogP contribution in [-0.2, 0) is 11.8 Å². The Morgan fingerprint density at radius 3 is 2.76 bits per heavy atom. The average Bonchev–Trinajstić information content (AvgIpc) is 3.06. The van der Waals surface area contributed by atoms with E-state index < -0.39 is 11.9 Å². The first-order valence-electron chi connectivity index (χ1n) is 8.30. The van der Waals surface area contributed by atoms with Crippen molar-refractivity contribution in [3.05, 3.63) is 53.1 Å². The maximum absolute atomic E-state index is 13.8. The number of hydrogen-bond donors (Lipinski definition) is 2. The van der Waals surface area contributed by atoms with Crippen LogP contribution in [0.2, 0.25) is 0 Å². The van der Waals surface area contributed by atoms with Crippen LogP contribution in [0, 0.1) is 12.7 Å². The summed E-state index contributed by atoms with van der Waals surface area (Å²) in [5.74, 6) is -0.401. The predicted octanol–water partition coefficient (Wildman–Crippen LogP) is 1.46. The van der Waals surface area contributed by atoms with Crippen molar-refractivity contribution in [2.45, 2.75) is 31.5 Å². The highest BCUT2D eigenvalue weighted by Gasteiger charge is 2.40. The van der Waals surface area contributed by atoms with E-state index in [1.807, 2.05) is 14.0 Å². The molecule has 1 amide bonds. The minimum atomic E-state index is -0.974. The summed E-state index contributed by atoms with van der Waals surface area (Å²) in [6.07, 6.45) is 1.13. The van der Waals surface area contributed by atoms with E-state index in [1.165, 1.54) is 6.07 Å². The van der Waals surface area contributed by atoms with Crippen LogP contribution in [0.4, 0.5) is 4.39 Å². The molecule has 1 aromatic carbocycles. The number of rotatable bonds is 5. The van der Waals surface area contributed by atoms with Gasteiger partial charge in [-0.15, -0.1) is 0 Å². The van der Waals surface area contributed by atoms with Gasteiger partial charge >= 0.3 is 0 Å². The Labute approximate surface area is 146 Å². The molecule has 0 unspecified atom stereocenters. The van der Waals surface area contributed by atoms with Gasteiger partial charge < -0.3 is 15.3 Å². The molecular formula is C18H23FN4O2. The number of benzene rings is 1. The lowest BCUT2D eigenvalue weighted by atomic mass is 10.00.